The second kappa shape index (κ2) is 6.21. The van der Waals surface area contributed by atoms with Gasteiger partial charge in [-0.15, -0.1) is 0 Å². The summed E-state index contributed by atoms with van der Waals surface area (Å²) in [7, 11) is 0. The zero-order valence-electron chi connectivity index (χ0n) is 11.3. The minimum atomic E-state index is 0.434. The highest BCUT2D eigenvalue weighted by Gasteiger charge is 2.31. The number of anilines is 1. The van der Waals surface area contributed by atoms with Crippen LogP contribution >= 0.6 is 31.9 Å². The minimum Gasteiger partial charge on any atom is -0.381 e. The van der Waals surface area contributed by atoms with Gasteiger partial charge in [-0.25, -0.2) is 0 Å². The molecule has 1 saturated carbocycles. The van der Waals surface area contributed by atoms with E-state index in [2.05, 4.69) is 61.4 Å². The van der Waals surface area contributed by atoms with Gasteiger partial charge in [0.25, 0.3) is 0 Å². The molecule has 2 nitrogen and oxygen atoms in total. The number of hydrogen-bond donors (Lipinski definition) is 1. The molecule has 0 aliphatic heterocycles. The van der Waals surface area contributed by atoms with E-state index < -0.39 is 0 Å². The Kier molecular flexibility index (Phi) is 4.32. The number of rotatable bonds is 3. The van der Waals surface area contributed by atoms with Crippen LogP contribution in [-0.4, -0.2) is 6.04 Å². The third-order valence-electron chi connectivity index (χ3n) is 3.94. The average Bonchev–Trinajstić information content (AvgIpc) is 2.44. The van der Waals surface area contributed by atoms with Crippen LogP contribution in [0.4, 0.5) is 5.69 Å². The summed E-state index contributed by atoms with van der Waals surface area (Å²) in [4.78, 5) is 0. The van der Waals surface area contributed by atoms with E-state index >= 15 is 0 Å². The van der Waals surface area contributed by atoms with Crippen molar-refractivity contribution in [3.63, 3.8) is 0 Å². The van der Waals surface area contributed by atoms with Crippen molar-refractivity contribution in [1.29, 1.82) is 5.26 Å². The molecule has 0 amide bonds. The first-order chi connectivity index (χ1) is 10.2. The van der Waals surface area contributed by atoms with E-state index in [-0.39, 0.29) is 0 Å². The second-order valence-corrected chi connectivity index (χ2v) is 7.10. The van der Waals surface area contributed by atoms with Crippen molar-refractivity contribution in [1.82, 2.24) is 0 Å². The zero-order valence-corrected chi connectivity index (χ0v) is 14.5. The van der Waals surface area contributed by atoms with Crippen molar-refractivity contribution in [2.45, 2.75) is 24.8 Å². The summed E-state index contributed by atoms with van der Waals surface area (Å²) in [5.74, 6) is 0.593. The number of halogens is 2. The van der Waals surface area contributed by atoms with Gasteiger partial charge in [0.2, 0.25) is 0 Å². The van der Waals surface area contributed by atoms with Crippen molar-refractivity contribution in [2.24, 2.45) is 0 Å². The van der Waals surface area contributed by atoms with Gasteiger partial charge in [-0.1, -0.05) is 50.1 Å². The van der Waals surface area contributed by atoms with Crippen LogP contribution in [0, 0.1) is 11.3 Å². The fourth-order valence-electron chi connectivity index (χ4n) is 2.75. The summed E-state index contributed by atoms with van der Waals surface area (Å²) in [6.45, 7) is 0. The molecule has 0 unspecified atom stereocenters. The summed E-state index contributed by atoms with van der Waals surface area (Å²) in [6.07, 6.45) is 2.19. The molecule has 0 saturated heterocycles. The van der Waals surface area contributed by atoms with Crippen LogP contribution in [0.3, 0.4) is 0 Å². The third-order valence-corrected chi connectivity index (χ3v) is 5.16. The molecule has 0 heterocycles. The van der Waals surface area contributed by atoms with Gasteiger partial charge >= 0.3 is 0 Å². The Morgan fingerprint density at radius 3 is 2.57 bits per heavy atom. The lowest BCUT2D eigenvalue weighted by atomic mass is 9.76. The fraction of sp³-hybridized carbons (Fsp3) is 0.235. The molecule has 0 bridgehead atoms. The maximum absolute atomic E-state index is 9.17. The number of benzene rings is 2. The summed E-state index contributed by atoms with van der Waals surface area (Å²) in [6, 6.07) is 16.8. The van der Waals surface area contributed by atoms with Gasteiger partial charge in [-0.05, 0) is 48.6 Å². The number of hydrogen-bond acceptors (Lipinski definition) is 2. The van der Waals surface area contributed by atoms with E-state index in [1.807, 2.05) is 24.3 Å². The predicted molar refractivity (Wildman–Crippen MR) is 92.4 cm³/mol. The van der Waals surface area contributed by atoms with Gasteiger partial charge in [0.1, 0.15) is 6.07 Å². The van der Waals surface area contributed by atoms with E-state index in [1.54, 1.807) is 0 Å². The molecule has 106 valence electrons. The smallest absolute Gasteiger partial charge is 0.101 e. The van der Waals surface area contributed by atoms with Crippen molar-refractivity contribution >= 4 is 37.5 Å². The van der Waals surface area contributed by atoms with E-state index in [4.69, 9.17) is 5.26 Å². The maximum Gasteiger partial charge on any atom is 0.101 e. The Morgan fingerprint density at radius 2 is 1.86 bits per heavy atom. The topological polar surface area (TPSA) is 35.8 Å². The van der Waals surface area contributed by atoms with E-state index in [9.17, 15) is 0 Å². The molecule has 1 N–H and O–H groups in total. The molecule has 0 aromatic heterocycles. The molecule has 4 heteroatoms. The Labute approximate surface area is 141 Å². The van der Waals surface area contributed by atoms with Crippen LogP contribution in [0.2, 0.25) is 0 Å². The molecular weight excluding hydrogens is 392 g/mol. The highest BCUT2D eigenvalue weighted by atomic mass is 79.9. The van der Waals surface area contributed by atoms with Gasteiger partial charge in [0.15, 0.2) is 0 Å². The lowest BCUT2D eigenvalue weighted by molar-refractivity contribution is 0.373. The van der Waals surface area contributed by atoms with Crippen molar-refractivity contribution in [3.8, 4) is 6.07 Å². The normalized spacial score (nSPS) is 20.4. The molecule has 2 aromatic carbocycles. The quantitative estimate of drug-likeness (QED) is 0.737. The molecule has 1 fully saturated rings. The molecule has 0 radical (unpaired) electrons. The molecule has 0 spiro atoms. The first-order valence-electron chi connectivity index (χ1n) is 6.88. The van der Waals surface area contributed by atoms with Crippen LogP contribution in [0.25, 0.3) is 0 Å². The van der Waals surface area contributed by atoms with Crippen molar-refractivity contribution in [3.05, 3.63) is 62.5 Å². The monoisotopic (exact) mass is 404 g/mol. The van der Waals surface area contributed by atoms with Crippen molar-refractivity contribution < 1.29 is 0 Å². The maximum atomic E-state index is 9.17. The number of nitriles is 1. The standard InChI is InChI=1S/C17H14Br2N2/c18-13-6-5-11(10-20)17(9-13)21-14-7-12(8-14)15-3-1-2-4-16(15)19/h1-6,9,12,14,21H,7-8H2. The first kappa shape index (κ1) is 14.6. The lowest BCUT2D eigenvalue weighted by Crippen LogP contribution is -2.34. The highest BCUT2D eigenvalue weighted by Crippen LogP contribution is 2.41. The molecule has 1 aliphatic rings. The van der Waals surface area contributed by atoms with Gasteiger partial charge in [-0.3, -0.25) is 0 Å². The molecule has 1 aliphatic carbocycles. The van der Waals surface area contributed by atoms with Crippen LogP contribution < -0.4 is 5.32 Å². The lowest BCUT2D eigenvalue weighted by Gasteiger charge is -2.37. The first-order valence-corrected chi connectivity index (χ1v) is 8.46. The molecule has 3 rings (SSSR count). The Morgan fingerprint density at radius 1 is 1.10 bits per heavy atom. The summed E-state index contributed by atoms with van der Waals surface area (Å²) in [5, 5.41) is 12.7. The van der Waals surface area contributed by atoms with E-state index in [0.29, 0.717) is 17.5 Å². The minimum absolute atomic E-state index is 0.434. The van der Waals surface area contributed by atoms with Crippen LogP contribution in [0.5, 0.6) is 0 Å². The number of nitrogens with one attached hydrogen (secondary N) is 1. The van der Waals surface area contributed by atoms with Gasteiger partial charge < -0.3 is 5.32 Å². The summed E-state index contributed by atoms with van der Waals surface area (Å²) >= 11 is 7.08. The second-order valence-electron chi connectivity index (χ2n) is 5.33. The summed E-state index contributed by atoms with van der Waals surface area (Å²) in [5.41, 5.74) is 3.00. The Bertz CT molecular complexity index is 700. The van der Waals surface area contributed by atoms with Crippen LogP contribution in [0.15, 0.2) is 51.4 Å². The molecule has 2 aromatic rings. The predicted octanol–water partition coefficient (Wildman–Crippen LogP) is 5.44. The fourth-order valence-corrected chi connectivity index (χ4v) is 3.72. The van der Waals surface area contributed by atoms with Gasteiger partial charge in [0, 0.05) is 15.0 Å². The summed E-state index contributed by atoms with van der Waals surface area (Å²) < 4.78 is 2.18. The molecule has 0 atom stereocenters. The zero-order chi connectivity index (χ0) is 14.8. The average molecular weight is 406 g/mol. The Hall–Kier alpha value is -1.31. The van der Waals surface area contributed by atoms with Gasteiger partial charge in [-0.2, -0.15) is 5.26 Å². The largest absolute Gasteiger partial charge is 0.381 e. The van der Waals surface area contributed by atoms with E-state index in [0.717, 1.165) is 23.0 Å². The molecule has 21 heavy (non-hydrogen) atoms. The van der Waals surface area contributed by atoms with Crippen LogP contribution in [-0.2, 0) is 0 Å². The van der Waals surface area contributed by atoms with E-state index in [1.165, 1.54) is 10.0 Å². The SMILES string of the molecule is N#Cc1ccc(Br)cc1NC1CC(c2ccccc2Br)C1. The number of nitrogens with zero attached hydrogens (tertiary/aromatic N) is 1. The highest BCUT2D eigenvalue weighted by molar-refractivity contribution is 9.10. The van der Waals surface area contributed by atoms with Gasteiger partial charge in [0.05, 0.1) is 11.3 Å². The van der Waals surface area contributed by atoms with Crippen LogP contribution in [0.1, 0.15) is 29.9 Å². The third kappa shape index (κ3) is 3.14. The van der Waals surface area contributed by atoms with Crippen molar-refractivity contribution in [2.75, 3.05) is 5.32 Å². The molecular formula is C17H14Br2N2. The Balaban J connectivity index is 1.67.